The predicted molar refractivity (Wildman–Crippen MR) is 119 cm³/mol. The van der Waals surface area contributed by atoms with E-state index in [9.17, 15) is 32.9 Å². The van der Waals surface area contributed by atoms with Gasteiger partial charge in [-0.1, -0.05) is 29.5 Å². The molecule has 0 bridgehead atoms. The minimum atomic E-state index is -4.00. The monoisotopic (exact) mass is 504 g/mol. The number of nitrogens with one attached hydrogen (secondary N) is 2. The van der Waals surface area contributed by atoms with E-state index in [4.69, 9.17) is 4.74 Å². The molecule has 3 aromatic rings. The second-order valence-corrected chi connectivity index (χ2v) is 9.70. The van der Waals surface area contributed by atoms with Crippen molar-refractivity contribution in [1.82, 2.24) is 10.3 Å². The average molecular weight is 505 g/mol. The summed E-state index contributed by atoms with van der Waals surface area (Å²) in [4.78, 5) is 49.3. The van der Waals surface area contributed by atoms with Gasteiger partial charge in [0.05, 0.1) is 16.0 Å². The second-order valence-electron chi connectivity index (χ2n) is 6.50. The summed E-state index contributed by atoms with van der Waals surface area (Å²) in [6.45, 7) is -1.13. The molecule has 2 N–H and O–H groups in total. The summed E-state index contributed by atoms with van der Waals surface area (Å²) < 4.78 is 29.9. The van der Waals surface area contributed by atoms with E-state index in [1.54, 1.807) is 30.3 Å². The number of benzene rings is 2. The lowest BCUT2D eigenvalue weighted by atomic mass is 10.2. The third-order valence-corrected chi connectivity index (χ3v) is 7.29. The first kappa shape index (κ1) is 24.5. The van der Waals surface area contributed by atoms with Gasteiger partial charge in [-0.25, -0.2) is 13.4 Å². The number of sulfone groups is 1. The van der Waals surface area contributed by atoms with Crippen molar-refractivity contribution in [2.45, 2.75) is 9.10 Å². The van der Waals surface area contributed by atoms with Crippen LogP contribution < -0.4 is 10.6 Å². The highest BCUT2D eigenvalue weighted by atomic mass is 32.2. The van der Waals surface area contributed by atoms with Crippen molar-refractivity contribution in [2.75, 3.05) is 18.5 Å². The first-order chi connectivity index (χ1) is 16.2. The van der Waals surface area contributed by atoms with E-state index in [0.29, 0.717) is 16.9 Å². The number of non-ortho nitro benzene ring substituents is 1. The summed E-state index contributed by atoms with van der Waals surface area (Å²) in [6.07, 6.45) is 1.03. The number of carbonyl (C=O) groups excluding carboxylic acids is 3. The SMILES string of the molecule is O=C(COC(=O)CNC(=O)c1ccccc1)Nc1ncc(S(=O)(=O)c2ccc([N+](=O)[O-])cc2)s1. The van der Waals surface area contributed by atoms with E-state index >= 15 is 0 Å². The van der Waals surface area contributed by atoms with Crippen molar-refractivity contribution in [3.05, 3.63) is 76.5 Å². The Morgan fingerprint density at radius 3 is 2.38 bits per heavy atom. The van der Waals surface area contributed by atoms with Gasteiger partial charge in [-0.05, 0) is 24.3 Å². The van der Waals surface area contributed by atoms with Crippen LogP contribution in [0.1, 0.15) is 10.4 Å². The van der Waals surface area contributed by atoms with Crippen LogP contribution in [0.5, 0.6) is 0 Å². The van der Waals surface area contributed by atoms with E-state index in [-0.39, 0.29) is 19.9 Å². The zero-order chi connectivity index (χ0) is 24.7. The molecule has 1 heterocycles. The zero-order valence-electron chi connectivity index (χ0n) is 17.2. The Morgan fingerprint density at radius 1 is 1.06 bits per heavy atom. The highest BCUT2D eigenvalue weighted by Crippen LogP contribution is 2.29. The van der Waals surface area contributed by atoms with Crippen molar-refractivity contribution in [3.63, 3.8) is 0 Å². The van der Waals surface area contributed by atoms with E-state index in [1.165, 1.54) is 0 Å². The number of thiazole rings is 1. The first-order valence-corrected chi connectivity index (χ1v) is 11.7. The number of nitrogens with zero attached hydrogens (tertiary/aromatic N) is 2. The highest BCUT2D eigenvalue weighted by molar-refractivity contribution is 7.93. The van der Waals surface area contributed by atoms with Gasteiger partial charge in [-0.15, -0.1) is 0 Å². The molecule has 0 fully saturated rings. The molecule has 0 unspecified atom stereocenters. The molecule has 0 saturated heterocycles. The average Bonchev–Trinajstić information content (AvgIpc) is 3.31. The van der Waals surface area contributed by atoms with Gasteiger partial charge in [0.2, 0.25) is 9.84 Å². The fraction of sp³-hybridized carbons (Fsp3) is 0.100. The first-order valence-electron chi connectivity index (χ1n) is 9.41. The van der Waals surface area contributed by atoms with Crippen molar-refractivity contribution in [1.29, 1.82) is 0 Å². The summed E-state index contributed by atoms with van der Waals surface area (Å²) in [6, 6.07) is 12.5. The van der Waals surface area contributed by atoms with Gasteiger partial charge in [0.1, 0.15) is 10.8 Å². The molecule has 3 rings (SSSR count). The Hall–Kier alpha value is -4.17. The number of anilines is 1. The second kappa shape index (κ2) is 10.6. The van der Waals surface area contributed by atoms with Crippen LogP contribution in [-0.4, -0.2) is 49.3 Å². The lowest BCUT2D eigenvalue weighted by Gasteiger charge is -2.06. The quantitative estimate of drug-likeness (QED) is 0.250. The number of nitro benzene ring substituents is 1. The Balaban J connectivity index is 1.50. The normalized spacial score (nSPS) is 10.8. The smallest absolute Gasteiger partial charge is 0.325 e. The summed E-state index contributed by atoms with van der Waals surface area (Å²) in [5.41, 5.74) is 0.0988. The van der Waals surface area contributed by atoms with Crippen LogP contribution in [0.25, 0.3) is 0 Å². The largest absolute Gasteiger partial charge is 0.454 e. The zero-order valence-corrected chi connectivity index (χ0v) is 18.8. The molecule has 0 aliphatic carbocycles. The van der Waals surface area contributed by atoms with Crippen molar-refractivity contribution in [2.24, 2.45) is 0 Å². The number of carbonyl (C=O) groups is 3. The van der Waals surface area contributed by atoms with Crippen LogP contribution in [0.2, 0.25) is 0 Å². The van der Waals surface area contributed by atoms with Crippen molar-refractivity contribution in [3.8, 4) is 0 Å². The third kappa shape index (κ3) is 6.20. The lowest BCUT2D eigenvalue weighted by molar-refractivity contribution is -0.384. The van der Waals surface area contributed by atoms with Gasteiger partial charge in [0.25, 0.3) is 17.5 Å². The topological polar surface area (TPSA) is 175 Å². The molecule has 0 radical (unpaired) electrons. The van der Waals surface area contributed by atoms with Gasteiger partial charge in [-0.2, -0.15) is 0 Å². The van der Waals surface area contributed by atoms with Gasteiger partial charge in [0.15, 0.2) is 11.7 Å². The maximum absolute atomic E-state index is 12.6. The minimum Gasteiger partial charge on any atom is -0.454 e. The van der Waals surface area contributed by atoms with Crippen LogP contribution in [0.3, 0.4) is 0 Å². The molecule has 2 aromatic carbocycles. The molecule has 0 saturated carbocycles. The van der Waals surface area contributed by atoms with Crippen LogP contribution in [0, 0.1) is 10.1 Å². The Kier molecular flexibility index (Phi) is 7.65. The number of amides is 2. The summed E-state index contributed by atoms with van der Waals surface area (Å²) >= 11 is 0.657. The lowest BCUT2D eigenvalue weighted by Crippen LogP contribution is -2.32. The highest BCUT2D eigenvalue weighted by Gasteiger charge is 2.22. The molecular formula is C20H16N4O8S2. The van der Waals surface area contributed by atoms with Gasteiger partial charge >= 0.3 is 5.97 Å². The predicted octanol–water partition coefficient (Wildman–Crippen LogP) is 1.80. The summed E-state index contributed by atoms with van der Waals surface area (Å²) in [7, 11) is -4.00. The molecule has 14 heteroatoms. The number of hydrogen-bond acceptors (Lipinski definition) is 10. The number of ether oxygens (including phenoxy) is 1. The van der Waals surface area contributed by atoms with Crippen LogP contribution >= 0.6 is 11.3 Å². The van der Waals surface area contributed by atoms with Gasteiger partial charge < -0.3 is 10.1 Å². The van der Waals surface area contributed by atoms with E-state index in [1.807, 2.05) is 0 Å². The molecule has 0 atom stereocenters. The van der Waals surface area contributed by atoms with E-state index in [2.05, 4.69) is 15.6 Å². The fourth-order valence-electron chi connectivity index (χ4n) is 2.50. The van der Waals surface area contributed by atoms with Gasteiger partial charge in [0, 0.05) is 17.7 Å². The maximum Gasteiger partial charge on any atom is 0.325 e. The number of esters is 1. The number of hydrogen-bond donors (Lipinski definition) is 2. The van der Waals surface area contributed by atoms with Crippen LogP contribution in [0.15, 0.2) is 69.9 Å². The van der Waals surface area contributed by atoms with Crippen molar-refractivity contribution < 1.29 is 32.5 Å². The summed E-state index contributed by atoms with van der Waals surface area (Å²) in [5, 5.41) is 15.3. The Bertz CT molecular complexity index is 1320. The maximum atomic E-state index is 12.6. The number of aromatic nitrogens is 1. The van der Waals surface area contributed by atoms with Crippen LogP contribution in [-0.2, 0) is 24.2 Å². The molecular weight excluding hydrogens is 488 g/mol. The van der Waals surface area contributed by atoms with Crippen molar-refractivity contribution >= 4 is 49.8 Å². The van der Waals surface area contributed by atoms with E-state index < -0.39 is 45.7 Å². The van der Waals surface area contributed by atoms with Gasteiger partial charge in [-0.3, -0.25) is 29.8 Å². The standard InChI is InChI=1S/C20H16N4O8S2/c25-16(12-32-17(26)10-21-19(27)13-4-2-1-3-5-13)23-20-22-11-18(33-20)34(30,31)15-8-6-14(7-9-15)24(28)29/h1-9,11H,10,12H2,(H,21,27)(H,22,23,25). The molecule has 0 spiro atoms. The molecule has 176 valence electrons. The number of nitro groups is 1. The Labute approximate surface area is 196 Å². The molecule has 0 aliphatic rings. The fourth-order valence-corrected chi connectivity index (χ4v) is 4.95. The minimum absolute atomic E-state index is 0.0566. The summed E-state index contributed by atoms with van der Waals surface area (Å²) in [5.74, 6) is -2.09. The molecule has 34 heavy (non-hydrogen) atoms. The molecule has 1 aromatic heterocycles. The molecule has 0 aliphatic heterocycles. The molecule has 2 amide bonds. The third-order valence-electron chi connectivity index (χ3n) is 4.15. The van der Waals surface area contributed by atoms with E-state index in [0.717, 1.165) is 30.5 Å². The Morgan fingerprint density at radius 2 is 1.74 bits per heavy atom. The van der Waals surface area contributed by atoms with Crippen LogP contribution in [0.4, 0.5) is 10.8 Å². The molecule has 12 nitrogen and oxygen atoms in total. The number of rotatable bonds is 9.